The highest BCUT2D eigenvalue weighted by Gasteiger charge is 2.23. The molecular formula is C17H25N3O3. The second kappa shape index (κ2) is 8.53. The molecule has 0 radical (unpaired) electrons. The number of hydrogen-bond acceptors (Lipinski definition) is 4. The molecule has 23 heavy (non-hydrogen) atoms. The van der Waals surface area contributed by atoms with Crippen LogP contribution in [0.4, 0.5) is 4.79 Å². The standard InChI is InChI=1S/C17H25N3O3/c1-3-23-17(22)20-11-9-19(10-12-20)14-16(21)18(2)13-15-7-5-4-6-8-15/h4-8H,3,9-14H2,1-2H3. The highest BCUT2D eigenvalue weighted by Crippen LogP contribution is 2.06. The van der Waals surface area contributed by atoms with Crippen LogP contribution in [0.3, 0.4) is 0 Å². The molecule has 1 fully saturated rings. The Balaban J connectivity index is 1.75. The molecule has 1 aromatic rings. The van der Waals surface area contributed by atoms with Crippen LogP contribution in [0.2, 0.25) is 0 Å². The molecule has 1 aliphatic heterocycles. The molecule has 0 atom stereocenters. The van der Waals surface area contributed by atoms with E-state index in [1.54, 1.807) is 16.7 Å². The number of ether oxygens (including phenoxy) is 1. The van der Waals surface area contributed by atoms with Crippen molar-refractivity contribution in [3.05, 3.63) is 35.9 Å². The van der Waals surface area contributed by atoms with Crippen molar-refractivity contribution in [1.82, 2.24) is 14.7 Å². The number of piperazine rings is 1. The fraction of sp³-hybridized carbons (Fsp3) is 0.529. The van der Waals surface area contributed by atoms with Gasteiger partial charge in [-0.3, -0.25) is 9.69 Å². The first-order valence-corrected chi connectivity index (χ1v) is 8.02. The number of hydrogen-bond donors (Lipinski definition) is 0. The van der Waals surface area contributed by atoms with Gasteiger partial charge in [0.05, 0.1) is 13.2 Å². The van der Waals surface area contributed by atoms with Gasteiger partial charge in [0.2, 0.25) is 5.91 Å². The van der Waals surface area contributed by atoms with Crippen molar-refractivity contribution in [1.29, 1.82) is 0 Å². The predicted octanol–water partition coefficient (Wildman–Crippen LogP) is 1.42. The van der Waals surface area contributed by atoms with E-state index in [1.165, 1.54) is 0 Å². The number of benzene rings is 1. The summed E-state index contributed by atoms with van der Waals surface area (Å²) in [4.78, 5) is 29.5. The summed E-state index contributed by atoms with van der Waals surface area (Å²) in [6.45, 7) is 5.80. The lowest BCUT2D eigenvalue weighted by molar-refractivity contribution is -0.132. The number of likely N-dealkylation sites (N-methyl/N-ethyl adjacent to an activating group) is 1. The molecule has 126 valence electrons. The lowest BCUT2D eigenvalue weighted by Gasteiger charge is -2.34. The molecule has 0 unspecified atom stereocenters. The molecule has 0 saturated carbocycles. The topological polar surface area (TPSA) is 53.1 Å². The Kier molecular flexibility index (Phi) is 6.40. The van der Waals surface area contributed by atoms with Gasteiger partial charge in [-0.1, -0.05) is 30.3 Å². The van der Waals surface area contributed by atoms with Gasteiger partial charge in [0.1, 0.15) is 0 Å². The van der Waals surface area contributed by atoms with E-state index in [1.807, 2.05) is 37.4 Å². The number of carbonyl (C=O) groups is 2. The van der Waals surface area contributed by atoms with Crippen LogP contribution < -0.4 is 0 Å². The van der Waals surface area contributed by atoms with Gasteiger partial charge >= 0.3 is 6.09 Å². The second-order valence-electron chi connectivity index (χ2n) is 5.70. The van der Waals surface area contributed by atoms with Gasteiger partial charge in [0.15, 0.2) is 0 Å². The Morgan fingerprint density at radius 1 is 1.13 bits per heavy atom. The SMILES string of the molecule is CCOC(=O)N1CCN(CC(=O)N(C)Cc2ccccc2)CC1. The highest BCUT2D eigenvalue weighted by molar-refractivity contribution is 5.78. The van der Waals surface area contributed by atoms with Crippen LogP contribution in [0.25, 0.3) is 0 Å². The zero-order chi connectivity index (χ0) is 16.7. The molecule has 6 nitrogen and oxygen atoms in total. The summed E-state index contributed by atoms with van der Waals surface area (Å²) in [6.07, 6.45) is -0.264. The van der Waals surface area contributed by atoms with Gasteiger partial charge in [0, 0.05) is 39.8 Å². The van der Waals surface area contributed by atoms with Crippen LogP contribution in [-0.4, -0.2) is 73.1 Å². The number of carbonyl (C=O) groups excluding carboxylic acids is 2. The van der Waals surface area contributed by atoms with E-state index in [9.17, 15) is 9.59 Å². The van der Waals surface area contributed by atoms with Gasteiger partial charge in [-0.05, 0) is 12.5 Å². The second-order valence-corrected chi connectivity index (χ2v) is 5.70. The van der Waals surface area contributed by atoms with Crippen molar-refractivity contribution in [3.8, 4) is 0 Å². The zero-order valence-electron chi connectivity index (χ0n) is 13.9. The summed E-state index contributed by atoms with van der Waals surface area (Å²) in [5, 5.41) is 0. The summed E-state index contributed by atoms with van der Waals surface area (Å²) in [6, 6.07) is 9.95. The van der Waals surface area contributed by atoms with E-state index in [2.05, 4.69) is 4.90 Å². The average molecular weight is 319 g/mol. The van der Waals surface area contributed by atoms with Crippen molar-refractivity contribution < 1.29 is 14.3 Å². The van der Waals surface area contributed by atoms with Crippen LogP contribution in [0.5, 0.6) is 0 Å². The molecule has 1 aromatic carbocycles. The smallest absolute Gasteiger partial charge is 0.409 e. The maximum Gasteiger partial charge on any atom is 0.409 e. The van der Waals surface area contributed by atoms with Crippen LogP contribution >= 0.6 is 0 Å². The van der Waals surface area contributed by atoms with E-state index >= 15 is 0 Å². The largest absolute Gasteiger partial charge is 0.450 e. The fourth-order valence-corrected chi connectivity index (χ4v) is 2.56. The predicted molar refractivity (Wildman–Crippen MR) is 88.0 cm³/mol. The lowest BCUT2D eigenvalue weighted by Crippen LogP contribution is -2.51. The first-order chi connectivity index (χ1) is 11.1. The normalized spacial score (nSPS) is 15.3. The van der Waals surface area contributed by atoms with Crippen molar-refractivity contribution >= 4 is 12.0 Å². The Bertz CT molecular complexity index is 513. The minimum Gasteiger partial charge on any atom is -0.450 e. The third kappa shape index (κ3) is 5.25. The average Bonchev–Trinajstić information content (AvgIpc) is 2.56. The lowest BCUT2D eigenvalue weighted by atomic mass is 10.2. The summed E-state index contributed by atoms with van der Waals surface area (Å²) in [5.74, 6) is 0.0958. The van der Waals surface area contributed by atoms with Crippen LogP contribution in [0.15, 0.2) is 30.3 Å². The third-order valence-electron chi connectivity index (χ3n) is 3.95. The minimum atomic E-state index is -0.264. The van der Waals surface area contributed by atoms with Gasteiger partial charge in [0.25, 0.3) is 0 Å². The summed E-state index contributed by atoms with van der Waals surface area (Å²) < 4.78 is 5.00. The maximum atomic E-state index is 12.3. The Morgan fingerprint density at radius 2 is 1.78 bits per heavy atom. The zero-order valence-corrected chi connectivity index (χ0v) is 13.9. The highest BCUT2D eigenvalue weighted by atomic mass is 16.6. The molecule has 1 aliphatic rings. The Labute approximate surface area is 137 Å². The monoisotopic (exact) mass is 319 g/mol. The summed E-state index contributed by atoms with van der Waals surface area (Å²) >= 11 is 0. The summed E-state index contributed by atoms with van der Waals surface area (Å²) in [5.41, 5.74) is 1.12. The van der Waals surface area contributed by atoms with Crippen molar-refractivity contribution in [2.45, 2.75) is 13.5 Å². The van der Waals surface area contributed by atoms with E-state index in [0.717, 1.165) is 5.56 Å². The molecular weight excluding hydrogens is 294 g/mol. The van der Waals surface area contributed by atoms with Crippen LogP contribution in [0, 0.1) is 0 Å². The minimum absolute atomic E-state index is 0.0958. The van der Waals surface area contributed by atoms with Crippen molar-refractivity contribution in [3.63, 3.8) is 0 Å². The van der Waals surface area contributed by atoms with E-state index < -0.39 is 0 Å². The molecule has 6 heteroatoms. The molecule has 0 N–H and O–H groups in total. The van der Waals surface area contributed by atoms with Crippen LogP contribution in [-0.2, 0) is 16.1 Å². The number of nitrogens with zero attached hydrogens (tertiary/aromatic N) is 3. The molecule has 0 aromatic heterocycles. The van der Waals surface area contributed by atoms with Crippen molar-refractivity contribution in [2.75, 3.05) is 46.4 Å². The molecule has 2 rings (SSSR count). The maximum absolute atomic E-state index is 12.3. The first-order valence-electron chi connectivity index (χ1n) is 8.02. The molecule has 1 heterocycles. The molecule has 0 aliphatic carbocycles. The molecule has 1 saturated heterocycles. The van der Waals surface area contributed by atoms with Gasteiger partial charge in [-0.15, -0.1) is 0 Å². The number of amides is 2. The fourth-order valence-electron chi connectivity index (χ4n) is 2.56. The van der Waals surface area contributed by atoms with E-state index in [4.69, 9.17) is 4.74 Å². The summed E-state index contributed by atoms with van der Waals surface area (Å²) in [7, 11) is 1.82. The van der Waals surface area contributed by atoms with Gasteiger partial charge in [-0.2, -0.15) is 0 Å². The first kappa shape index (κ1) is 17.3. The van der Waals surface area contributed by atoms with E-state index in [-0.39, 0.29) is 12.0 Å². The van der Waals surface area contributed by atoms with Crippen LogP contribution in [0.1, 0.15) is 12.5 Å². The van der Waals surface area contributed by atoms with Gasteiger partial charge < -0.3 is 14.5 Å². The quantitative estimate of drug-likeness (QED) is 0.824. The molecule has 0 bridgehead atoms. The van der Waals surface area contributed by atoms with Crippen molar-refractivity contribution in [2.24, 2.45) is 0 Å². The number of rotatable bonds is 5. The molecule has 0 spiro atoms. The Hall–Kier alpha value is -2.08. The van der Waals surface area contributed by atoms with E-state index in [0.29, 0.717) is 45.9 Å². The third-order valence-corrected chi connectivity index (χ3v) is 3.95. The van der Waals surface area contributed by atoms with Gasteiger partial charge in [-0.25, -0.2) is 4.79 Å². The molecule has 2 amide bonds. The Morgan fingerprint density at radius 3 is 2.39 bits per heavy atom.